The van der Waals surface area contributed by atoms with E-state index in [1.807, 2.05) is 97.1 Å². The van der Waals surface area contributed by atoms with Crippen molar-refractivity contribution in [2.45, 2.75) is 19.1 Å². The summed E-state index contributed by atoms with van der Waals surface area (Å²) in [6, 6.07) is 31.5. The largest absolute Gasteiger partial charge is 0.496 e. The number of carbonyl (C=O) groups is 1. The van der Waals surface area contributed by atoms with Crippen LogP contribution in [0.15, 0.2) is 102 Å². The lowest BCUT2D eigenvalue weighted by molar-refractivity contribution is 0.0608. The maximum Gasteiger partial charge on any atom is 0.322 e. The zero-order chi connectivity index (χ0) is 24.0. The Balaban J connectivity index is 1.34. The van der Waals surface area contributed by atoms with Crippen molar-refractivity contribution in [3.05, 3.63) is 108 Å². The molecule has 2 amide bonds. The van der Waals surface area contributed by atoms with Crippen molar-refractivity contribution < 1.29 is 14.4 Å². The fourth-order valence-corrected chi connectivity index (χ4v) is 4.37. The lowest BCUT2D eigenvalue weighted by Gasteiger charge is -2.25. The highest BCUT2D eigenvalue weighted by Crippen LogP contribution is 2.26. The number of amides is 2. The Bertz CT molecular complexity index is 1350. The van der Waals surface area contributed by atoms with E-state index < -0.39 is 0 Å². The fraction of sp³-hybridized carbons (Fsp3) is 0.172. The van der Waals surface area contributed by atoms with Crippen LogP contribution in [0.25, 0.3) is 10.8 Å². The molecule has 1 aliphatic heterocycles. The molecule has 6 nitrogen and oxygen atoms in total. The van der Waals surface area contributed by atoms with E-state index in [4.69, 9.17) is 9.57 Å². The molecule has 1 unspecified atom stereocenters. The number of ether oxygens (including phenoxy) is 1. The highest BCUT2D eigenvalue weighted by Gasteiger charge is 2.28. The normalized spacial score (nSPS) is 14.8. The molecule has 6 heteroatoms. The summed E-state index contributed by atoms with van der Waals surface area (Å²) in [5.74, 6) is 0.755. The molecule has 1 N–H and O–H groups in total. The van der Waals surface area contributed by atoms with Crippen LogP contribution in [0.3, 0.4) is 0 Å². The predicted octanol–water partition coefficient (Wildman–Crippen LogP) is 6.08. The van der Waals surface area contributed by atoms with E-state index in [9.17, 15) is 4.79 Å². The number of hydrogen-bond acceptors (Lipinski definition) is 4. The van der Waals surface area contributed by atoms with Gasteiger partial charge >= 0.3 is 6.03 Å². The highest BCUT2D eigenvalue weighted by atomic mass is 16.6. The topological polar surface area (TPSA) is 63.2 Å². The molecule has 0 aromatic heterocycles. The first-order valence-corrected chi connectivity index (χ1v) is 11.6. The monoisotopic (exact) mass is 465 g/mol. The highest BCUT2D eigenvalue weighted by molar-refractivity contribution is 6.04. The van der Waals surface area contributed by atoms with Crippen molar-refractivity contribution >= 4 is 28.2 Å². The van der Waals surface area contributed by atoms with E-state index in [1.54, 1.807) is 12.0 Å². The van der Waals surface area contributed by atoms with E-state index in [2.05, 4.69) is 10.5 Å². The molecular weight excluding hydrogens is 438 g/mol. The van der Waals surface area contributed by atoms with Gasteiger partial charge in [-0.15, -0.1) is 0 Å². The third kappa shape index (κ3) is 5.11. The van der Waals surface area contributed by atoms with Crippen molar-refractivity contribution in [1.82, 2.24) is 4.90 Å². The van der Waals surface area contributed by atoms with E-state index in [0.29, 0.717) is 19.5 Å². The van der Waals surface area contributed by atoms with Crippen molar-refractivity contribution in [3.63, 3.8) is 0 Å². The molecule has 0 bridgehead atoms. The quantitative estimate of drug-likeness (QED) is 0.360. The Hall–Kier alpha value is -4.32. The third-order valence-electron chi connectivity index (χ3n) is 6.11. The summed E-state index contributed by atoms with van der Waals surface area (Å²) in [7, 11) is 1.64. The number of methoxy groups -OCH3 is 1. The number of oxime groups is 1. The molecular formula is C29H27N3O3. The van der Waals surface area contributed by atoms with Crippen LogP contribution < -0.4 is 10.1 Å². The SMILES string of the molecule is COc1ccccc1C1=NOC(CN(Cc2ccccc2)C(=O)Nc2cccc3ccccc23)C1. The van der Waals surface area contributed by atoms with Crippen LogP contribution in [-0.4, -0.2) is 36.4 Å². The van der Waals surface area contributed by atoms with Gasteiger partial charge in [0, 0.05) is 23.9 Å². The molecule has 1 aliphatic rings. The summed E-state index contributed by atoms with van der Waals surface area (Å²) >= 11 is 0. The van der Waals surface area contributed by atoms with Crippen LogP contribution in [0.5, 0.6) is 5.75 Å². The summed E-state index contributed by atoms with van der Waals surface area (Å²) < 4.78 is 5.48. The standard InChI is InChI=1S/C29H27N3O3/c1-34-28-17-8-7-15-25(28)27-18-23(35-31-27)20-32(19-21-10-3-2-4-11-21)29(33)30-26-16-9-13-22-12-5-6-14-24(22)26/h2-17,23H,18-20H2,1H3,(H,30,33). The van der Waals surface area contributed by atoms with Crippen LogP contribution in [-0.2, 0) is 11.4 Å². The number of hydrogen-bond donors (Lipinski definition) is 1. The Morgan fingerprint density at radius 1 is 0.971 bits per heavy atom. The molecule has 4 aromatic carbocycles. The number of benzene rings is 4. The number of rotatable bonds is 7. The zero-order valence-corrected chi connectivity index (χ0v) is 19.6. The average Bonchev–Trinajstić information content (AvgIpc) is 3.37. The molecule has 0 radical (unpaired) electrons. The molecule has 0 fully saturated rings. The smallest absolute Gasteiger partial charge is 0.322 e. The van der Waals surface area contributed by atoms with Crippen molar-refractivity contribution in [3.8, 4) is 5.75 Å². The van der Waals surface area contributed by atoms with Gasteiger partial charge in [-0.3, -0.25) is 0 Å². The second-order valence-electron chi connectivity index (χ2n) is 8.49. The van der Waals surface area contributed by atoms with Crippen LogP contribution in [0.1, 0.15) is 17.5 Å². The minimum Gasteiger partial charge on any atom is -0.496 e. The number of nitrogens with zero attached hydrogens (tertiary/aromatic N) is 2. The second-order valence-corrected chi connectivity index (χ2v) is 8.49. The summed E-state index contributed by atoms with van der Waals surface area (Å²) in [5, 5.41) is 9.51. The van der Waals surface area contributed by atoms with Gasteiger partial charge < -0.3 is 19.8 Å². The average molecular weight is 466 g/mol. The minimum absolute atomic E-state index is 0.181. The number of para-hydroxylation sites is 1. The number of carbonyl (C=O) groups excluding carboxylic acids is 1. The zero-order valence-electron chi connectivity index (χ0n) is 19.6. The van der Waals surface area contributed by atoms with Gasteiger partial charge in [-0.05, 0) is 29.1 Å². The summed E-state index contributed by atoms with van der Waals surface area (Å²) in [5.41, 5.74) is 3.56. The minimum atomic E-state index is -0.253. The van der Waals surface area contributed by atoms with E-state index >= 15 is 0 Å². The Labute approximate surface area is 204 Å². The van der Waals surface area contributed by atoms with Gasteiger partial charge in [-0.25, -0.2) is 4.79 Å². The van der Waals surface area contributed by atoms with Gasteiger partial charge in [0.2, 0.25) is 0 Å². The van der Waals surface area contributed by atoms with Crippen LogP contribution in [0, 0.1) is 0 Å². The molecule has 0 saturated carbocycles. The van der Waals surface area contributed by atoms with Crippen LogP contribution in [0.4, 0.5) is 10.5 Å². The van der Waals surface area contributed by atoms with Crippen LogP contribution >= 0.6 is 0 Å². The number of fused-ring (bicyclic) bond motifs is 1. The lowest BCUT2D eigenvalue weighted by Crippen LogP contribution is -2.40. The van der Waals surface area contributed by atoms with Gasteiger partial charge in [0.1, 0.15) is 5.75 Å². The first-order chi connectivity index (χ1) is 17.2. The molecule has 5 rings (SSSR count). The van der Waals surface area contributed by atoms with E-state index in [-0.39, 0.29) is 12.1 Å². The Kier molecular flexibility index (Phi) is 6.61. The number of urea groups is 1. The summed E-state index contributed by atoms with van der Waals surface area (Å²) in [6.07, 6.45) is 0.338. The van der Waals surface area contributed by atoms with Gasteiger partial charge in [0.15, 0.2) is 6.10 Å². The predicted molar refractivity (Wildman–Crippen MR) is 139 cm³/mol. The second kappa shape index (κ2) is 10.3. The first kappa shape index (κ1) is 22.5. The van der Waals surface area contributed by atoms with Gasteiger partial charge in [0.25, 0.3) is 0 Å². The maximum atomic E-state index is 13.5. The lowest BCUT2D eigenvalue weighted by atomic mass is 10.0. The molecule has 0 spiro atoms. The molecule has 0 aliphatic carbocycles. The van der Waals surface area contributed by atoms with Crippen molar-refractivity contribution in [2.75, 3.05) is 19.0 Å². The molecule has 0 saturated heterocycles. The van der Waals surface area contributed by atoms with E-state index in [1.165, 1.54) is 0 Å². The molecule has 1 atom stereocenters. The summed E-state index contributed by atoms with van der Waals surface area (Å²) in [6.45, 7) is 0.856. The molecule has 176 valence electrons. The number of nitrogens with one attached hydrogen (secondary N) is 1. The van der Waals surface area contributed by atoms with Crippen LogP contribution in [0.2, 0.25) is 0 Å². The molecule has 1 heterocycles. The Morgan fingerprint density at radius 3 is 2.57 bits per heavy atom. The summed E-state index contributed by atoms with van der Waals surface area (Å²) in [4.78, 5) is 21.1. The fourth-order valence-electron chi connectivity index (χ4n) is 4.37. The van der Waals surface area contributed by atoms with Crippen molar-refractivity contribution in [1.29, 1.82) is 0 Å². The number of anilines is 1. The van der Waals surface area contributed by atoms with Crippen molar-refractivity contribution in [2.24, 2.45) is 5.16 Å². The molecule has 35 heavy (non-hydrogen) atoms. The first-order valence-electron chi connectivity index (χ1n) is 11.6. The maximum absolute atomic E-state index is 13.5. The third-order valence-corrected chi connectivity index (χ3v) is 6.11. The van der Waals surface area contributed by atoms with E-state index in [0.717, 1.165) is 39.0 Å². The van der Waals surface area contributed by atoms with Gasteiger partial charge in [-0.2, -0.15) is 0 Å². The Morgan fingerprint density at radius 2 is 1.71 bits per heavy atom. The van der Waals surface area contributed by atoms with Gasteiger partial charge in [-0.1, -0.05) is 84.0 Å². The van der Waals surface area contributed by atoms with Gasteiger partial charge in [0.05, 0.1) is 25.1 Å². The molecule has 4 aromatic rings.